The van der Waals surface area contributed by atoms with Crippen molar-refractivity contribution in [3.63, 3.8) is 0 Å². The van der Waals surface area contributed by atoms with Gasteiger partial charge in [-0.05, 0) is 72.7 Å². The molecule has 12 heteroatoms. The highest BCUT2D eigenvalue weighted by atomic mass is 32.2. The monoisotopic (exact) mass is 537 g/mol. The Morgan fingerprint density at radius 1 is 0.919 bits per heavy atom. The third-order valence-electron chi connectivity index (χ3n) is 6.68. The number of alkyl halides is 3. The van der Waals surface area contributed by atoms with Crippen molar-refractivity contribution in [3.8, 4) is 5.75 Å². The molecule has 8 nitrogen and oxygen atoms in total. The highest BCUT2D eigenvalue weighted by Gasteiger charge is 2.37. The number of benzene rings is 2. The normalized spacial score (nSPS) is 20.5. The first-order chi connectivity index (χ1) is 17.4. The van der Waals surface area contributed by atoms with Gasteiger partial charge in [-0.1, -0.05) is 12.1 Å². The van der Waals surface area contributed by atoms with Crippen molar-refractivity contribution in [2.45, 2.75) is 24.1 Å². The highest BCUT2D eigenvalue weighted by Crippen LogP contribution is 2.33. The number of rotatable bonds is 5. The number of nitrogens with zero attached hydrogens (tertiary/aromatic N) is 2. The van der Waals surface area contributed by atoms with Gasteiger partial charge in [0, 0.05) is 37.8 Å². The van der Waals surface area contributed by atoms with Crippen molar-refractivity contribution in [2.24, 2.45) is 17.0 Å². The van der Waals surface area contributed by atoms with Crippen LogP contribution < -0.4 is 9.88 Å². The van der Waals surface area contributed by atoms with Gasteiger partial charge in [0.25, 0.3) is 5.91 Å². The van der Waals surface area contributed by atoms with Crippen LogP contribution in [0.5, 0.6) is 5.75 Å². The van der Waals surface area contributed by atoms with Crippen molar-refractivity contribution in [1.82, 2.24) is 9.80 Å². The zero-order chi connectivity index (χ0) is 26.8. The summed E-state index contributed by atoms with van der Waals surface area (Å²) in [5.74, 6) is -0.190. The van der Waals surface area contributed by atoms with E-state index in [0.29, 0.717) is 37.3 Å². The lowest BCUT2D eigenvalue weighted by Gasteiger charge is -2.21. The van der Waals surface area contributed by atoms with Crippen LogP contribution in [0.15, 0.2) is 59.5 Å². The number of nitrogens with two attached hydrogens (primary N) is 1. The molecule has 0 spiro atoms. The second-order valence-corrected chi connectivity index (χ2v) is 10.7. The standard InChI is InChI=1S/C25H26F3N3O5S/c26-25(27,28)36-21-6-1-17(2-7-21)3-10-23(32)30-13-11-19-15-31(16-20(19)12-14-30)24(33)18-4-8-22(9-5-18)37(29,34)35/h1-10,19-20H,11-16H2,(H2,29,34,35)/t19-,20+. The molecule has 4 rings (SSSR count). The Bertz CT molecular complexity index is 1260. The smallest absolute Gasteiger partial charge is 0.406 e. The van der Waals surface area contributed by atoms with E-state index >= 15 is 0 Å². The van der Waals surface area contributed by atoms with Crippen LogP contribution in [0.25, 0.3) is 6.08 Å². The number of primary sulfonamides is 1. The van der Waals surface area contributed by atoms with Gasteiger partial charge in [0.15, 0.2) is 0 Å². The van der Waals surface area contributed by atoms with Crippen LogP contribution in [-0.4, -0.2) is 62.6 Å². The number of carbonyl (C=O) groups excluding carboxylic acids is 2. The zero-order valence-electron chi connectivity index (χ0n) is 19.7. The fraction of sp³-hybridized carbons (Fsp3) is 0.360. The molecule has 2 N–H and O–H groups in total. The van der Waals surface area contributed by atoms with Gasteiger partial charge in [-0.25, -0.2) is 13.6 Å². The molecule has 0 saturated carbocycles. The Labute approximate surface area is 212 Å². The van der Waals surface area contributed by atoms with E-state index in [1.165, 1.54) is 54.6 Å². The van der Waals surface area contributed by atoms with E-state index in [0.717, 1.165) is 12.8 Å². The minimum absolute atomic E-state index is 0.0538. The molecule has 2 heterocycles. The Kier molecular flexibility index (Phi) is 7.60. The van der Waals surface area contributed by atoms with Gasteiger partial charge in [-0.3, -0.25) is 9.59 Å². The number of hydrogen-bond acceptors (Lipinski definition) is 5. The number of likely N-dealkylation sites (tertiary alicyclic amines) is 2. The first-order valence-corrected chi connectivity index (χ1v) is 13.2. The van der Waals surface area contributed by atoms with E-state index in [1.54, 1.807) is 15.9 Å². The van der Waals surface area contributed by atoms with Crippen LogP contribution >= 0.6 is 0 Å². The lowest BCUT2D eigenvalue weighted by atomic mass is 9.92. The van der Waals surface area contributed by atoms with Crippen LogP contribution in [0.4, 0.5) is 13.2 Å². The summed E-state index contributed by atoms with van der Waals surface area (Å²) in [4.78, 5) is 29.1. The second kappa shape index (κ2) is 10.5. The summed E-state index contributed by atoms with van der Waals surface area (Å²) in [7, 11) is -3.83. The first-order valence-electron chi connectivity index (χ1n) is 11.6. The largest absolute Gasteiger partial charge is 0.573 e. The van der Waals surface area contributed by atoms with Gasteiger partial charge < -0.3 is 14.5 Å². The average molecular weight is 538 g/mol. The quantitative estimate of drug-likeness (QED) is 0.589. The first kappa shape index (κ1) is 26.7. The molecule has 2 aromatic rings. The number of carbonyl (C=O) groups is 2. The Balaban J connectivity index is 1.30. The Morgan fingerprint density at radius 2 is 1.49 bits per heavy atom. The minimum atomic E-state index is -4.76. The van der Waals surface area contributed by atoms with Crippen LogP contribution in [0.1, 0.15) is 28.8 Å². The van der Waals surface area contributed by atoms with Gasteiger partial charge >= 0.3 is 6.36 Å². The van der Waals surface area contributed by atoms with Crippen LogP contribution in [-0.2, 0) is 14.8 Å². The Hall–Kier alpha value is -3.38. The van der Waals surface area contributed by atoms with Crippen LogP contribution in [0, 0.1) is 11.8 Å². The number of halogens is 3. The zero-order valence-corrected chi connectivity index (χ0v) is 20.5. The molecule has 0 aromatic heterocycles. The number of ether oxygens (including phenoxy) is 1. The Morgan fingerprint density at radius 3 is 2.00 bits per heavy atom. The van der Waals surface area contributed by atoms with E-state index in [1.807, 2.05) is 0 Å². The molecule has 37 heavy (non-hydrogen) atoms. The molecule has 2 aromatic carbocycles. The molecular formula is C25H26F3N3O5S. The van der Waals surface area contributed by atoms with E-state index in [4.69, 9.17) is 5.14 Å². The topological polar surface area (TPSA) is 110 Å². The molecule has 2 saturated heterocycles. The van der Waals surface area contributed by atoms with Gasteiger partial charge in [0.1, 0.15) is 5.75 Å². The molecule has 0 aliphatic carbocycles. The van der Waals surface area contributed by atoms with Crippen LogP contribution in [0.2, 0.25) is 0 Å². The number of amides is 2. The number of fused-ring (bicyclic) bond motifs is 1. The van der Waals surface area contributed by atoms with Gasteiger partial charge in [-0.2, -0.15) is 0 Å². The van der Waals surface area contributed by atoms with Crippen molar-refractivity contribution in [3.05, 3.63) is 65.7 Å². The van der Waals surface area contributed by atoms with Crippen molar-refractivity contribution in [2.75, 3.05) is 26.2 Å². The molecule has 2 fully saturated rings. The predicted octanol–water partition coefficient (Wildman–Crippen LogP) is 3.26. The number of hydrogen-bond donors (Lipinski definition) is 1. The summed E-state index contributed by atoms with van der Waals surface area (Å²) in [5, 5.41) is 5.11. The van der Waals surface area contributed by atoms with E-state index in [9.17, 15) is 31.2 Å². The third-order valence-corrected chi connectivity index (χ3v) is 7.61. The van der Waals surface area contributed by atoms with Gasteiger partial charge in [0.05, 0.1) is 4.90 Å². The maximum absolute atomic E-state index is 12.9. The molecule has 2 aliphatic rings. The summed E-state index contributed by atoms with van der Waals surface area (Å²) in [6.45, 7) is 2.19. The molecule has 2 atom stereocenters. The third kappa shape index (κ3) is 6.89. The highest BCUT2D eigenvalue weighted by molar-refractivity contribution is 7.89. The number of sulfonamides is 1. The fourth-order valence-corrected chi connectivity index (χ4v) is 5.27. The maximum Gasteiger partial charge on any atom is 0.573 e. The fourth-order valence-electron chi connectivity index (χ4n) is 4.76. The lowest BCUT2D eigenvalue weighted by molar-refractivity contribution is -0.274. The molecular weight excluding hydrogens is 511 g/mol. The SMILES string of the molecule is NS(=O)(=O)c1ccc(C(=O)N2C[C@H]3CCN(C(=O)C=Cc4ccc(OC(F)(F)F)cc4)CC[C@H]3C2)cc1. The molecule has 2 aliphatic heterocycles. The lowest BCUT2D eigenvalue weighted by Crippen LogP contribution is -2.33. The summed E-state index contributed by atoms with van der Waals surface area (Å²) < 4.78 is 63.5. The summed E-state index contributed by atoms with van der Waals surface area (Å²) in [6, 6.07) is 10.8. The van der Waals surface area contributed by atoms with E-state index in [2.05, 4.69) is 4.74 Å². The van der Waals surface area contributed by atoms with Gasteiger partial charge in [0.2, 0.25) is 15.9 Å². The molecule has 0 unspecified atom stereocenters. The van der Waals surface area contributed by atoms with Crippen molar-refractivity contribution < 1.29 is 35.9 Å². The van der Waals surface area contributed by atoms with Crippen molar-refractivity contribution in [1.29, 1.82) is 0 Å². The van der Waals surface area contributed by atoms with Crippen molar-refractivity contribution >= 4 is 27.9 Å². The molecule has 198 valence electrons. The second-order valence-electron chi connectivity index (χ2n) is 9.15. The molecule has 0 radical (unpaired) electrons. The van der Waals surface area contributed by atoms with E-state index in [-0.39, 0.29) is 34.3 Å². The molecule has 0 bridgehead atoms. The minimum Gasteiger partial charge on any atom is -0.406 e. The average Bonchev–Trinajstić information content (AvgIpc) is 3.14. The van der Waals surface area contributed by atoms with E-state index < -0.39 is 16.4 Å². The van der Waals surface area contributed by atoms with Crippen LogP contribution in [0.3, 0.4) is 0 Å². The maximum atomic E-state index is 12.9. The summed E-state index contributed by atoms with van der Waals surface area (Å²) in [6.07, 6.45) is -0.331. The predicted molar refractivity (Wildman–Crippen MR) is 129 cm³/mol. The molecule has 2 amide bonds. The summed E-state index contributed by atoms with van der Waals surface area (Å²) in [5.41, 5.74) is 0.963. The summed E-state index contributed by atoms with van der Waals surface area (Å²) >= 11 is 0. The van der Waals surface area contributed by atoms with Gasteiger partial charge in [-0.15, -0.1) is 13.2 Å².